The van der Waals surface area contributed by atoms with Gasteiger partial charge < -0.3 is 15.3 Å². The van der Waals surface area contributed by atoms with E-state index < -0.39 is 47.2 Å². The van der Waals surface area contributed by atoms with Crippen molar-refractivity contribution in [1.29, 1.82) is 0 Å². The van der Waals surface area contributed by atoms with Gasteiger partial charge in [0.25, 0.3) is 0 Å². The monoisotopic (exact) mass is 575 g/mol. The van der Waals surface area contributed by atoms with Crippen molar-refractivity contribution < 1.29 is 39.3 Å². The first-order valence-electron chi connectivity index (χ1n) is 13.9. The third-order valence-electron chi connectivity index (χ3n) is 9.27. The van der Waals surface area contributed by atoms with E-state index >= 15 is 0 Å². The molecule has 4 aliphatic rings. The number of allylic oxidation sites excluding steroid dienone is 6. The number of Topliss-reactive ketones (excluding diaryl/α,β-unsaturated/α-hetero) is 1. The summed E-state index contributed by atoms with van der Waals surface area (Å²) >= 11 is 0. The van der Waals surface area contributed by atoms with Gasteiger partial charge >= 0.3 is 5.97 Å². The van der Waals surface area contributed by atoms with Gasteiger partial charge in [0.2, 0.25) is 11.8 Å². The molecule has 0 spiro atoms. The summed E-state index contributed by atoms with van der Waals surface area (Å²) in [4.78, 5) is 67.1. The minimum absolute atomic E-state index is 0.0189. The van der Waals surface area contributed by atoms with Crippen LogP contribution in [-0.4, -0.2) is 44.7 Å². The molecule has 9 heteroatoms. The lowest BCUT2D eigenvalue weighted by atomic mass is 9.59. The van der Waals surface area contributed by atoms with Crippen LogP contribution in [0.1, 0.15) is 41.6 Å². The van der Waals surface area contributed by atoms with Crippen LogP contribution in [0.25, 0.3) is 10.8 Å². The van der Waals surface area contributed by atoms with E-state index in [1.807, 2.05) is 24.3 Å². The molecule has 3 aliphatic carbocycles. The second-order valence-corrected chi connectivity index (χ2v) is 11.5. The van der Waals surface area contributed by atoms with E-state index in [4.69, 9.17) is 0 Å². The molecular weight excluding hydrogens is 550 g/mol. The van der Waals surface area contributed by atoms with Crippen LogP contribution in [0.4, 0.5) is 5.69 Å². The Kier molecular flexibility index (Phi) is 5.78. The zero-order valence-corrected chi connectivity index (χ0v) is 22.9. The van der Waals surface area contributed by atoms with Gasteiger partial charge in [0, 0.05) is 39.7 Å². The van der Waals surface area contributed by atoms with Gasteiger partial charge in [-0.15, -0.1) is 0 Å². The highest BCUT2D eigenvalue weighted by molar-refractivity contribution is 6.25. The average Bonchev–Trinajstić information content (AvgIpc) is 3.24. The molecule has 3 N–H and O–H groups in total. The van der Waals surface area contributed by atoms with Gasteiger partial charge in [-0.2, -0.15) is 0 Å². The molecule has 1 aliphatic heterocycles. The van der Waals surface area contributed by atoms with Crippen LogP contribution in [-0.2, 0) is 19.2 Å². The summed E-state index contributed by atoms with van der Waals surface area (Å²) in [6.45, 7) is 1.57. The fourth-order valence-corrected chi connectivity index (χ4v) is 7.34. The van der Waals surface area contributed by atoms with Crippen molar-refractivity contribution in [1.82, 2.24) is 0 Å². The number of benzene rings is 3. The van der Waals surface area contributed by atoms with Gasteiger partial charge in [-0.25, -0.2) is 9.69 Å². The van der Waals surface area contributed by atoms with Crippen molar-refractivity contribution in [2.24, 2.45) is 17.8 Å². The number of amides is 2. The van der Waals surface area contributed by atoms with Crippen molar-refractivity contribution in [3.05, 3.63) is 100 Å². The van der Waals surface area contributed by atoms with Crippen molar-refractivity contribution in [3.63, 3.8) is 0 Å². The van der Waals surface area contributed by atoms with Crippen LogP contribution in [0.5, 0.6) is 11.5 Å². The summed E-state index contributed by atoms with van der Waals surface area (Å²) < 4.78 is 0. The van der Waals surface area contributed by atoms with E-state index in [1.165, 1.54) is 12.1 Å². The third kappa shape index (κ3) is 3.74. The lowest BCUT2D eigenvalue weighted by molar-refractivity contribution is -0.123. The molecule has 0 radical (unpaired) electrons. The van der Waals surface area contributed by atoms with Gasteiger partial charge in [0.05, 0.1) is 17.5 Å². The van der Waals surface area contributed by atoms with Gasteiger partial charge in [-0.1, -0.05) is 48.0 Å². The van der Waals surface area contributed by atoms with Gasteiger partial charge in [-0.3, -0.25) is 19.2 Å². The number of aromatic hydroxyl groups is 2. The number of hydrogen-bond acceptors (Lipinski definition) is 7. The van der Waals surface area contributed by atoms with E-state index in [0.717, 1.165) is 22.4 Å². The van der Waals surface area contributed by atoms with Crippen LogP contribution in [0, 0.1) is 17.8 Å². The highest BCUT2D eigenvalue weighted by Crippen LogP contribution is 2.56. The number of fused-ring (bicyclic) bond motifs is 4. The Balaban J connectivity index is 1.37. The fourth-order valence-electron chi connectivity index (χ4n) is 7.34. The molecule has 4 unspecified atom stereocenters. The van der Waals surface area contributed by atoms with Crippen LogP contribution in [0.3, 0.4) is 0 Å². The first kappa shape index (κ1) is 26.6. The Hall–Kier alpha value is -5.31. The van der Waals surface area contributed by atoms with Crippen molar-refractivity contribution in [2.75, 3.05) is 4.90 Å². The molecule has 1 saturated heterocycles. The molecule has 2 amide bonds. The number of phenolic OH excluding ortho intramolecular Hbond substituents is 1. The van der Waals surface area contributed by atoms with Crippen LogP contribution < -0.4 is 4.90 Å². The molecule has 1 fully saturated rings. The summed E-state index contributed by atoms with van der Waals surface area (Å²) in [5, 5.41) is 32.4. The summed E-state index contributed by atoms with van der Waals surface area (Å²) in [5.74, 6) is -6.60. The van der Waals surface area contributed by atoms with Crippen molar-refractivity contribution >= 4 is 45.8 Å². The van der Waals surface area contributed by atoms with Crippen molar-refractivity contribution in [3.8, 4) is 11.5 Å². The van der Waals surface area contributed by atoms with Gasteiger partial charge in [-0.05, 0) is 49.3 Å². The highest BCUT2D eigenvalue weighted by Gasteiger charge is 2.57. The molecule has 9 nitrogen and oxygen atoms in total. The second-order valence-electron chi connectivity index (χ2n) is 11.5. The normalized spacial score (nSPS) is 24.9. The molecule has 0 saturated carbocycles. The number of ketones is 2. The number of imide groups is 1. The number of rotatable bonds is 3. The van der Waals surface area contributed by atoms with E-state index in [0.29, 0.717) is 16.5 Å². The maximum Gasteiger partial charge on any atom is 0.339 e. The average molecular weight is 576 g/mol. The molecule has 214 valence electrons. The quantitative estimate of drug-likeness (QED) is 0.233. The largest absolute Gasteiger partial charge is 0.507 e. The molecular formula is C34H25NO8. The lowest BCUT2D eigenvalue weighted by Crippen LogP contribution is -2.39. The molecule has 3 aromatic carbocycles. The second kappa shape index (κ2) is 9.35. The Morgan fingerprint density at radius 1 is 0.930 bits per heavy atom. The molecule has 0 aromatic heterocycles. The van der Waals surface area contributed by atoms with Crippen LogP contribution >= 0.6 is 0 Å². The summed E-state index contributed by atoms with van der Waals surface area (Å²) in [7, 11) is 0. The Morgan fingerprint density at radius 2 is 1.70 bits per heavy atom. The smallest absolute Gasteiger partial charge is 0.339 e. The SMILES string of the molecule is CC1=CC(=O)C2=C(CC3C(=CCC4C(=O)N(c5ccc(C(=O)O)c(O)c5)C(=O)C43)C2c2ccc3ccccc3c2O)C1=O. The number of anilines is 1. The summed E-state index contributed by atoms with van der Waals surface area (Å²) in [6.07, 6.45) is 3.45. The van der Waals surface area contributed by atoms with Crippen molar-refractivity contribution in [2.45, 2.75) is 25.7 Å². The highest BCUT2D eigenvalue weighted by atomic mass is 16.4. The molecule has 43 heavy (non-hydrogen) atoms. The topological polar surface area (TPSA) is 149 Å². The first-order chi connectivity index (χ1) is 20.6. The van der Waals surface area contributed by atoms with E-state index in [-0.39, 0.29) is 58.1 Å². The number of carbonyl (C=O) groups is 5. The maximum atomic E-state index is 14.0. The lowest BCUT2D eigenvalue weighted by Gasteiger charge is -2.42. The van der Waals surface area contributed by atoms with Gasteiger partial charge in [0.1, 0.15) is 17.1 Å². The fraction of sp³-hybridized carbons (Fsp3) is 0.206. The molecule has 4 atom stereocenters. The summed E-state index contributed by atoms with van der Waals surface area (Å²) in [6, 6.07) is 14.4. The number of carboxylic acid groups (broad SMARTS) is 1. The number of carbonyl (C=O) groups excluding carboxylic acids is 4. The minimum atomic E-state index is -1.35. The summed E-state index contributed by atoms with van der Waals surface area (Å²) in [5.41, 5.74) is 1.68. The Labute approximate surface area is 245 Å². The standard InChI is InChI=1S/C34H25NO8/c1-15-12-26(37)29-24(30(15)38)14-23-19(27(29)21-8-6-16-4-2-3-5-18(16)31(21)39)10-11-22-28(23)33(41)35(32(22)40)17-7-9-20(34(42)43)25(36)13-17/h2-10,12-13,22-23,27-28,36,39H,11,14H2,1H3,(H,42,43). The minimum Gasteiger partial charge on any atom is -0.507 e. The maximum absolute atomic E-state index is 14.0. The molecule has 3 aromatic rings. The number of carboxylic acids is 1. The van der Waals surface area contributed by atoms with E-state index in [9.17, 15) is 39.3 Å². The number of hydrogen-bond donors (Lipinski definition) is 3. The van der Waals surface area contributed by atoms with E-state index in [1.54, 1.807) is 25.1 Å². The zero-order valence-electron chi connectivity index (χ0n) is 22.9. The molecule has 7 rings (SSSR count). The predicted octanol–water partition coefficient (Wildman–Crippen LogP) is 4.58. The Bertz CT molecular complexity index is 1950. The predicted molar refractivity (Wildman–Crippen MR) is 154 cm³/mol. The number of nitrogens with zero attached hydrogens (tertiary/aromatic N) is 1. The van der Waals surface area contributed by atoms with Crippen LogP contribution in [0.2, 0.25) is 0 Å². The zero-order chi connectivity index (χ0) is 30.3. The molecule has 0 bridgehead atoms. The number of aromatic carboxylic acids is 1. The molecule has 1 heterocycles. The van der Waals surface area contributed by atoms with E-state index in [2.05, 4.69) is 0 Å². The number of phenols is 2. The Morgan fingerprint density at radius 3 is 2.44 bits per heavy atom. The third-order valence-corrected chi connectivity index (χ3v) is 9.27. The van der Waals surface area contributed by atoms with Gasteiger partial charge in [0.15, 0.2) is 11.6 Å². The first-order valence-corrected chi connectivity index (χ1v) is 13.9. The van der Waals surface area contributed by atoms with Crippen LogP contribution in [0.15, 0.2) is 89.0 Å².